The molecule has 0 aromatic heterocycles. The lowest BCUT2D eigenvalue weighted by Gasteiger charge is -2.27. The summed E-state index contributed by atoms with van der Waals surface area (Å²) in [6.45, 7) is 10.1. The second-order valence-electron chi connectivity index (χ2n) is 8.57. The summed E-state index contributed by atoms with van der Waals surface area (Å²) < 4.78 is 5.55. The third kappa shape index (κ3) is 6.16. The summed E-state index contributed by atoms with van der Waals surface area (Å²) in [4.78, 5) is 0. The average molecular weight is 385 g/mol. The van der Waals surface area contributed by atoms with Gasteiger partial charge in [-0.15, -0.1) is 6.58 Å². The van der Waals surface area contributed by atoms with Crippen LogP contribution in [0.2, 0.25) is 0 Å². The van der Waals surface area contributed by atoms with Crippen molar-refractivity contribution in [3.8, 4) is 0 Å². The summed E-state index contributed by atoms with van der Waals surface area (Å²) in [5.74, 6) is 0.160. The number of ether oxygens (including phenoxy) is 1. The standard InChI is InChI=1S/C25H36O3/c1-6-20(24(27)23(26)15-18(2)3)17-22-10-8-7-9-21(22)16-19-11-13-25(4,28-5)14-12-19/h6-13,18,20,23-24,26-27H,1,14-17H2,2-5H3. The van der Waals surface area contributed by atoms with E-state index in [1.807, 2.05) is 19.9 Å². The number of allylic oxidation sites excluding steroid dienone is 2. The minimum atomic E-state index is -0.802. The van der Waals surface area contributed by atoms with E-state index in [1.165, 1.54) is 16.7 Å². The molecule has 154 valence electrons. The Hall–Kier alpha value is -1.68. The predicted molar refractivity (Wildman–Crippen MR) is 116 cm³/mol. The summed E-state index contributed by atoms with van der Waals surface area (Å²) in [5, 5.41) is 21.0. The topological polar surface area (TPSA) is 49.7 Å². The summed E-state index contributed by atoms with van der Waals surface area (Å²) >= 11 is 0. The summed E-state index contributed by atoms with van der Waals surface area (Å²) in [6.07, 6.45) is 9.73. The van der Waals surface area contributed by atoms with Gasteiger partial charge in [-0.1, -0.05) is 62.4 Å². The van der Waals surface area contributed by atoms with Crippen LogP contribution < -0.4 is 0 Å². The van der Waals surface area contributed by atoms with E-state index >= 15 is 0 Å². The van der Waals surface area contributed by atoms with Gasteiger partial charge in [0.2, 0.25) is 0 Å². The molecule has 0 fully saturated rings. The molecule has 0 saturated carbocycles. The van der Waals surface area contributed by atoms with E-state index in [4.69, 9.17) is 4.74 Å². The maximum Gasteiger partial charge on any atom is 0.0868 e. The summed E-state index contributed by atoms with van der Waals surface area (Å²) in [5.41, 5.74) is 3.50. The largest absolute Gasteiger partial charge is 0.390 e. The van der Waals surface area contributed by atoms with Crippen LogP contribution in [0.15, 0.2) is 60.7 Å². The van der Waals surface area contributed by atoms with Gasteiger partial charge in [-0.2, -0.15) is 0 Å². The van der Waals surface area contributed by atoms with Crippen molar-refractivity contribution in [3.05, 3.63) is 71.8 Å². The quantitative estimate of drug-likeness (QED) is 0.578. The molecule has 1 aliphatic carbocycles. The fraction of sp³-hybridized carbons (Fsp3) is 0.520. The highest BCUT2D eigenvalue weighted by atomic mass is 16.5. The molecule has 1 aliphatic rings. The zero-order valence-electron chi connectivity index (χ0n) is 17.8. The molecule has 4 unspecified atom stereocenters. The Morgan fingerprint density at radius 2 is 1.89 bits per heavy atom. The van der Waals surface area contributed by atoms with Gasteiger partial charge in [-0.3, -0.25) is 0 Å². The number of hydrogen-bond donors (Lipinski definition) is 2. The molecule has 1 aromatic carbocycles. The molecule has 3 heteroatoms. The van der Waals surface area contributed by atoms with Gasteiger partial charge in [0.05, 0.1) is 17.8 Å². The van der Waals surface area contributed by atoms with E-state index in [2.05, 4.69) is 49.9 Å². The van der Waals surface area contributed by atoms with Crippen molar-refractivity contribution >= 4 is 0 Å². The third-order valence-electron chi connectivity index (χ3n) is 5.70. The maximum absolute atomic E-state index is 10.6. The van der Waals surface area contributed by atoms with Gasteiger partial charge in [-0.25, -0.2) is 0 Å². The molecule has 0 heterocycles. The molecule has 0 radical (unpaired) electrons. The molecule has 0 amide bonds. The van der Waals surface area contributed by atoms with Crippen molar-refractivity contribution in [1.29, 1.82) is 0 Å². The molecule has 4 atom stereocenters. The van der Waals surface area contributed by atoms with Crippen molar-refractivity contribution in [2.45, 2.75) is 64.3 Å². The number of aliphatic hydroxyl groups is 2. The van der Waals surface area contributed by atoms with Crippen LogP contribution in [0.4, 0.5) is 0 Å². The third-order valence-corrected chi connectivity index (χ3v) is 5.70. The Bertz CT molecular complexity index is 703. The van der Waals surface area contributed by atoms with Crippen LogP contribution in [-0.2, 0) is 17.6 Å². The van der Waals surface area contributed by atoms with Crippen molar-refractivity contribution in [2.75, 3.05) is 7.11 Å². The Labute approximate surface area is 170 Å². The number of methoxy groups -OCH3 is 1. The van der Waals surface area contributed by atoms with Crippen LogP contribution in [0.1, 0.15) is 44.7 Å². The van der Waals surface area contributed by atoms with Crippen molar-refractivity contribution in [3.63, 3.8) is 0 Å². The van der Waals surface area contributed by atoms with Gasteiger partial charge >= 0.3 is 0 Å². The van der Waals surface area contributed by atoms with E-state index in [0.717, 1.165) is 12.8 Å². The first-order chi connectivity index (χ1) is 13.3. The highest BCUT2D eigenvalue weighted by Gasteiger charge is 2.26. The summed E-state index contributed by atoms with van der Waals surface area (Å²) in [7, 11) is 1.74. The number of hydrogen-bond acceptors (Lipinski definition) is 3. The first-order valence-corrected chi connectivity index (χ1v) is 10.3. The van der Waals surface area contributed by atoms with Crippen molar-refractivity contribution in [2.24, 2.45) is 11.8 Å². The highest BCUT2D eigenvalue weighted by molar-refractivity contribution is 5.37. The zero-order chi connectivity index (χ0) is 20.7. The molecule has 0 spiro atoms. The fourth-order valence-corrected chi connectivity index (χ4v) is 3.69. The molecule has 28 heavy (non-hydrogen) atoms. The molecule has 0 aliphatic heterocycles. The minimum absolute atomic E-state index is 0.178. The first kappa shape index (κ1) is 22.6. The molecule has 0 saturated heterocycles. The first-order valence-electron chi connectivity index (χ1n) is 10.3. The lowest BCUT2D eigenvalue weighted by Crippen LogP contribution is -2.34. The Kier molecular flexibility index (Phi) is 8.23. The van der Waals surface area contributed by atoms with Crippen LogP contribution in [0.5, 0.6) is 0 Å². The van der Waals surface area contributed by atoms with Gasteiger partial charge in [0, 0.05) is 13.0 Å². The fourth-order valence-electron chi connectivity index (χ4n) is 3.69. The van der Waals surface area contributed by atoms with Gasteiger partial charge in [0.25, 0.3) is 0 Å². The van der Waals surface area contributed by atoms with Gasteiger partial charge in [0.15, 0.2) is 0 Å². The molecular formula is C25H36O3. The van der Waals surface area contributed by atoms with Gasteiger partial charge in [0.1, 0.15) is 0 Å². The molecule has 1 aromatic rings. The lowest BCUT2D eigenvalue weighted by atomic mass is 9.85. The van der Waals surface area contributed by atoms with E-state index in [9.17, 15) is 10.2 Å². The van der Waals surface area contributed by atoms with Gasteiger partial charge < -0.3 is 14.9 Å². The molecule has 0 bridgehead atoms. The normalized spacial score (nSPS) is 22.6. The van der Waals surface area contributed by atoms with E-state index in [1.54, 1.807) is 13.2 Å². The van der Waals surface area contributed by atoms with Crippen LogP contribution in [0.25, 0.3) is 0 Å². The number of aliphatic hydroxyl groups excluding tert-OH is 2. The number of rotatable bonds is 10. The van der Waals surface area contributed by atoms with Crippen LogP contribution >= 0.6 is 0 Å². The van der Waals surface area contributed by atoms with E-state index < -0.39 is 12.2 Å². The van der Waals surface area contributed by atoms with Crippen LogP contribution in [0.3, 0.4) is 0 Å². The van der Waals surface area contributed by atoms with Crippen LogP contribution in [-0.4, -0.2) is 35.1 Å². The van der Waals surface area contributed by atoms with E-state index in [0.29, 0.717) is 18.8 Å². The highest BCUT2D eigenvalue weighted by Crippen LogP contribution is 2.27. The van der Waals surface area contributed by atoms with Crippen molar-refractivity contribution in [1.82, 2.24) is 0 Å². The van der Waals surface area contributed by atoms with Crippen LogP contribution in [0, 0.1) is 11.8 Å². The summed E-state index contributed by atoms with van der Waals surface area (Å²) in [6, 6.07) is 8.34. The smallest absolute Gasteiger partial charge is 0.0868 e. The number of benzene rings is 1. The second-order valence-corrected chi connectivity index (χ2v) is 8.57. The molecule has 2 rings (SSSR count). The maximum atomic E-state index is 10.6. The molecule has 3 nitrogen and oxygen atoms in total. The Balaban J connectivity index is 2.11. The second kappa shape index (κ2) is 10.2. The van der Waals surface area contributed by atoms with Gasteiger partial charge in [-0.05, 0) is 55.2 Å². The van der Waals surface area contributed by atoms with Crippen molar-refractivity contribution < 1.29 is 14.9 Å². The monoisotopic (exact) mass is 384 g/mol. The SMILES string of the molecule is C=CC(Cc1ccccc1CC1=CCC(C)(OC)C=C1)C(O)C(O)CC(C)C. The molecule has 2 N–H and O–H groups in total. The minimum Gasteiger partial charge on any atom is -0.390 e. The Morgan fingerprint density at radius 1 is 1.21 bits per heavy atom. The zero-order valence-corrected chi connectivity index (χ0v) is 17.8. The predicted octanol–water partition coefficient (Wildman–Crippen LogP) is 4.63. The lowest BCUT2D eigenvalue weighted by molar-refractivity contribution is -0.0154. The Morgan fingerprint density at radius 3 is 2.43 bits per heavy atom. The average Bonchev–Trinajstić information content (AvgIpc) is 2.68. The molecular weight excluding hydrogens is 348 g/mol. The van der Waals surface area contributed by atoms with E-state index in [-0.39, 0.29) is 11.5 Å².